The van der Waals surface area contributed by atoms with Gasteiger partial charge in [-0.15, -0.1) is 0 Å². The Hall–Kier alpha value is -2.50. The summed E-state index contributed by atoms with van der Waals surface area (Å²) in [6.07, 6.45) is 1.72. The molecule has 0 saturated carbocycles. The van der Waals surface area contributed by atoms with Gasteiger partial charge in [0.05, 0.1) is 17.3 Å². The highest BCUT2D eigenvalue weighted by atomic mass is 19.1. The van der Waals surface area contributed by atoms with Gasteiger partial charge in [0.25, 0.3) is 0 Å². The fraction of sp³-hybridized carbons (Fsp3) is 0.214. The maximum absolute atomic E-state index is 13.0. The quantitative estimate of drug-likeness (QED) is 0.795. The van der Waals surface area contributed by atoms with Crippen LogP contribution in [0.3, 0.4) is 0 Å². The minimum atomic E-state index is -0.274. The van der Waals surface area contributed by atoms with E-state index < -0.39 is 0 Å². The third kappa shape index (κ3) is 2.09. The Balaban J connectivity index is 2.20. The van der Waals surface area contributed by atoms with E-state index >= 15 is 0 Å². The first-order valence-corrected chi connectivity index (χ1v) is 6.41. The second-order valence-corrected chi connectivity index (χ2v) is 4.42. The van der Waals surface area contributed by atoms with Gasteiger partial charge in [0.15, 0.2) is 5.65 Å². The lowest BCUT2D eigenvalue weighted by Gasteiger charge is -2.06. The Bertz CT molecular complexity index is 748. The number of nitrogens with zero attached hydrogens (tertiary/aromatic N) is 4. The van der Waals surface area contributed by atoms with Gasteiger partial charge in [-0.1, -0.05) is 0 Å². The summed E-state index contributed by atoms with van der Waals surface area (Å²) >= 11 is 0. The summed E-state index contributed by atoms with van der Waals surface area (Å²) in [5.41, 5.74) is 1.47. The summed E-state index contributed by atoms with van der Waals surface area (Å²) in [6, 6.07) is 6.16. The molecule has 2 aromatic heterocycles. The zero-order valence-corrected chi connectivity index (χ0v) is 11.3. The van der Waals surface area contributed by atoms with Crippen molar-refractivity contribution in [2.24, 2.45) is 0 Å². The maximum atomic E-state index is 13.0. The van der Waals surface area contributed by atoms with Crippen molar-refractivity contribution in [3.05, 3.63) is 42.1 Å². The van der Waals surface area contributed by atoms with Gasteiger partial charge < -0.3 is 5.32 Å². The average Bonchev–Trinajstić information content (AvgIpc) is 2.84. The van der Waals surface area contributed by atoms with Gasteiger partial charge >= 0.3 is 0 Å². The molecule has 1 N–H and O–H groups in total. The molecular weight excluding hydrogens is 257 g/mol. The molecule has 0 aliphatic rings. The zero-order chi connectivity index (χ0) is 14.1. The number of rotatable bonds is 3. The number of hydrogen-bond acceptors (Lipinski definition) is 4. The van der Waals surface area contributed by atoms with Gasteiger partial charge in [-0.3, -0.25) is 0 Å². The van der Waals surface area contributed by atoms with Gasteiger partial charge in [0.2, 0.25) is 0 Å². The molecule has 102 valence electrons. The van der Waals surface area contributed by atoms with Crippen molar-refractivity contribution < 1.29 is 4.39 Å². The van der Waals surface area contributed by atoms with Crippen molar-refractivity contribution in [3.8, 4) is 5.69 Å². The largest absolute Gasteiger partial charge is 0.370 e. The summed E-state index contributed by atoms with van der Waals surface area (Å²) in [4.78, 5) is 8.81. The second-order valence-electron chi connectivity index (χ2n) is 4.42. The molecule has 20 heavy (non-hydrogen) atoms. The second kappa shape index (κ2) is 4.88. The van der Waals surface area contributed by atoms with Crippen LogP contribution in [0.15, 0.2) is 30.5 Å². The number of nitrogens with one attached hydrogen (secondary N) is 1. The Morgan fingerprint density at radius 3 is 2.65 bits per heavy atom. The van der Waals surface area contributed by atoms with Crippen LogP contribution in [0.25, 0.3) is 16.7 Å². The summed E-state index contributed by atoms with van der Waals surface area (Å²) < 4.78 is 14.7. The number of halogens is 1. The van der Waals surface area contributed by atoms with Crippen molar-refractivity contribution in [1.82, 2.24) is 19.7 Å². The fourth-order valence-electron chi connectivity index (χ4n) is 2.09. The van der Waals surface area contributed by atoms with E-state index in [9.17, 15) is 4.39 Å². The Morgan fingerprint density at radius 1 is 1.20 bits per heavy atom. The Labute approximate surface area is 115 Å². The molecule has 0 unspecified atom stereocenters. The molecule has 0 amide bonds. The van der Waals surface area contributed by atoms with E-state index in [0.717, 1.165) is 23.4 Å². The monoisotopic (exact) mass is 271 g/mol. The first kappa shape index (κ1) is 12.5. The maximum Gasteiger partial charge on any atom is 0.168 e. The molecule has 0 aliphatic carbocycles. The lowest BCUT2D eigenvalue weighted by Crippen LogP contribution is -2.04. The molecule has 0 atom stereocenters. The summed E-state index contributed by atoms with van der Waals surface area (Å²) in [6.45, 7) is 4.61. The smallest absolute Gasteiger partial charge is 0.168 e. The van der Waals surface area contributed by atoms with Gasteiger partial charge in [0.1, 0.15) is 17.5 Å². The topological polar surface area (TPSA) is 55.6 Å². The van der Waals surface area contributed by atoms with Gasteiger partial charge in [-0.2, -0.15) is 5.10 Å². The van der Waals surface area contributed by atoms with Crippen LogP contribution in [-0.2, 0) is 0 Å². The van der Waals surface area contributed by atoms with E-state index in [0.29, 0.717) is 11.5 Å². The van der Waals surface area contributed by atoms with Gasteiger partial charge in [-0.25, -0.2) is 19.0 Å². The summed E-state index contributed by atoms with van der Waals surface area (Å²) in [5.74, 6) is 1.16. The van der Waals surface area contributed by atoms with E-state index in [2.05, 4.69) is 20.4 Å². The zero-order valence-electron chi connectivity index (χ0n) is 11.3. The third-order valence-electron chi connectivity index (χ3n) is 2.96. The number of benzene rings is 1. The van der Waals surface area contributed by atoms with E-state index in [4.69, 9.17) is 0 Å². The molecule has 0 bridgehead atoms. The summed E-state index contributed by atoms with van der Waals surface area (Å²) in [7, 11) is 0. The number of hydrogen-bond donors (Lipinski definition) is 1. The molecule has 0 aliphatic heterocycles. The highest BCUT2D eigenvalue weighted by Gasteiger charge is 2.12. The minimum absolute atomic E-state index is 0.274. The van der Waals surface area contributed by atoms with Crippen molar-refractivity contribution in [1.29, 1.82) is 0 Å². The first-order chi connectivity index (χ1) is 9.69. The van der Waals surface area contributed by atoms with Crippen molar-refractivity contribution in [2.75, 3.05) is 11.9 Å². The predicted octanol–water partition coefficient (Wildman–Crippen LogP) is 2.69. The summed E-state index contributed by atoms with van der Waals surface area (Å²) in [5, 5.41) is 8.38. The molecular formula is C14H14FN5. The lowest BCUT2D eigenvalue weighted by molar-refractivity contribution is 0.627. The van der Waals surface area contributed by atoms with Crippen LogP contribution in [0.1, 0.15) is 12.7 Å². The molecule has 0 fully saturated rings. The van der Waals surface area contributed by atoms with E-state index in [1.165, 1.54) is 12.1 Å². The van der Waals surface area contributed by atoms with E-state index in [-0.39, 0.29) is 5.82 Å². The average molecular weight is 271 g/mol. The standard InChI is InChI=1S/C14H14FN5/c1-3-16-13-12-8-17-20(14(12)19-9(2)18-13)11-6-4-10(15)5-7-11/h4-8H,3H2,1-2H3,(H,16,18,19). The molecule has 6 heteroatoms. The molecule has 5 nitrogen and oxygen atoms in total. The number of fused-ring (bicyclic) bond motifs is 1. The van der Waals surface area contributed by atoms with Crippen LogP contribution < -0.4 is 5.32 Å². The fourth-order valence-corrected chi connectivity index (χ4v) is 2.09. The van der Waals surface area contributed by atoms with Gasteiger partial charge in [0, 0.05) is 6.54 Å². The van der Waals surface area contributed by atoms with Crippen LogP contribution in [-0.4, -0.2) is 26.3 Å². The predicted molar refractivity (Wildman–Crippen MR) is 75.5 cm³/mol. The molecule has 0 saturated heterocycles. The van der Waals surface area contributed by atoms with Crippen LogP contribution in [0.4, 0.5) is 10.2 Å². The Kier molecular flexibility index (Phi) is 3.06. The molecule has 2 heterocycles. The minimum Gasteiger partial charge on any atom is -0.370 e. The van der Waals surface area contributed by atoms with E-state index in [1.54, 1.807) is 23.0 Å². The van der Waals surface area contributed by atoms with E-state index in [1.807, 2.05) is 13.8 Å². The highest BCUT2D eigenvalue weighted by molar-refractivity contribution is 5.87. The Morgan fingerprint density at radius 2 is 1.95 bits per heavy atom. The number of aromatic nitrogens is 4. The number of anilines is 1. The third-order valence-corrected chi connectivity index (χ3v) is 2.96. The molecule has 3 rings (SSSR count). The lowest BCUT2D eigenvalue weighted by atomic mass is 10.3. The van der Waals surface area contributed by atoms with Crippen molar-refractivity contribution in [2.45, 2.75) is 13.8 Å². The van der Waals surface area contributed by atoms with Crippen LogP contribution in [0, 0.1) is 12.7 Å². The molecule has 0 radical (unpaired) electrons. The molecule has 0 spiro atoms. The molecule has 1 aromatic carbocycles. The van der Waals surface area contributed by atoms with Gasteiger partial charge in [-0.05, 0) is 38.1 Å². The van der Waals surface area contributed by atoms with Crippen LogP contribution in [0.5, 0.6) is 0 Å². The van der Waals surface area contributed by atoms with Crippen molar-refractivity contribution >= 4 is 16.9 Å². The highest BCUT2D eigenvalue weighted by Crippen LogP contribution is 2.22. The van der Waals surface area contributed by atoms with Crippen molar-refractivity contribution in [3.63, 3.8) is 0 Å². The SMILES string of the molecule is CCNc1nc(C)nc2c1cnn2-c1ccc(F)cc1. The normalized spacial score (nSPS) is 10.9. The van der Waals surface area contributed by atoms with Crippen LogP contribution in [0.2, 0.25) is 0 Å². The van der Waals surface area contributed by atoms with Crippen LogP contribution >= 0.6 is 0 Å². The first-order valence-electron chi connectivity index (χ1n) is 6.41. The number of aryl methyl sites for hydroxylation is 1. The molecule has 3 aromatic rings.